The van der Waals surface area contributed by atoms with E-state index in [1.807, 2.05) is 19.1 Å². The minimum absolute atomic E-state index is 0.142. The lowest BCUT2D eigenvalue weighted by molar-refractivity contribution is -0.147. The van der Waals surface area contributed by atoms with Gasteiger partial charge in [0.2, 0.25) is 5.91 Å². The molecule has 3 atom stereocenters. The number of halogens is 1. The molecule has 1 aromatic carbocycles. The van der Waals surface area contributed by atoms with E-state index in [0.29, 0.717) is 30.9 Å². The van der Waals surface area contributed by atoms with Gasteiger partial charge < -0.3 is 15.2 Å². The van der Waals surface area contributed by atoms with Gasteiger partial charge in [-0.2, -0.15) is 0 Å². The molecule has 3 unspecified atom stereocenters. The lowest BCUT2D eigenvalue weighted by atomic mass is 9.73. The van der Waals surface area contributed by atoms with E-state index in [4.69, 9.17) is 16.3 Å². The molecule has 0 spiro atoms. The monoisotopic (exact) mass is 351 g/mol. The van der Waals surface area contributed by atoms with Crippen molar-refractivity contribution in [2.24, 2.45) is 11.8 Å². The first-order valence-corrected chi connectivity index (χ1v) is 8.73. The predicted octanol–water partition coefficient (Wildman–Crippen LogP) is 3.04. The second-order valence-electron chi connectivity index (χ2n) is 7.01. The van der Waals surface area contributed by atoms with Gasteiger partial charge >= 0.3 is 5.97 Å². The zero-order valence-corrected chi connectivity index (χ0v) is 14.4. The van der Waals surface area contributed by atoms with Crippen LogP contribution >= 0.6 is 11.6 Å². The van der Waals surface area contributed by atoms with Gasteiger partial charge in [-0.25, -0.2) is 0 Å². The smallest absolute Gasteiger partial charge is 0.308 e. The van der Waals surface area contributed by atoms with Crippen LogP contribution in [-0.2, 0) is 16.0 Å². The minimum Gasteiger partial charge on any atom is -0.492 e. The van der Waals surface area contributed by atoms with Crippen LogP contribution in [0.25, 0.3) is 0 Å². The Hall–Kier alpha value is -1.75. The van der Waals surface area contributed by atoms with E-state index in [1.54, 1.807) is 6.07 Å². The zero-order valence-electron chi connectivity index (χ0n) is 13.7. The van der Waals surface area contributed by atoms with Crippen molar-refractivity contribution in [1.82, 2.24) is 5.32 Å². The molecule has 0 bridgehead atoms. The van der Waals surface area contributed by atoms with Crippen molar-refractivity contribution in [3.05, 3.63) is 28.8 Å². The third-order valence-corrected chi connectivity index (χ3v) is 5.45. The van der Waals surface area contributed by atoms with E-state index in [9.17, 15) is 14.7 Å². The van der Waals surface area contributed by atoms with Crippen LogP contribution in [0.4, 0.5) is 0 Å². The molecule has 0 radical (unpaired) electrons. The summed E-state index contributed by atoms with van der Waals surface area (Å²) in [5.41, 5.74) is 0.216. The Morgan fingerprint density at radius 1 is 1.38 bits per heavy atom. The van der Waals surface area contributed by atoms with Crippen LogP contribution in [0.5, 0.6) is 5.75 Å². The highest BCUT2D eigenvalue weighted by molar-refractivity contribution is 6.30. The lowest BCUT2D eigenvalue weighted by Gasteiger charge is -2.41. The summed E-state index contributed by atoms with van der Waals surface area (Å²) in [4.78, 5) is 24.3. The molecule has 1 aromatic rings. The molecular weight excluding hydrogens is 330 g/mol. The molecule has 0 saturated heterocycles. The summed E-state index contributed by atoms with van der Waals surface area (Å²) in [5, 5.41) is 13.1. The van der Waals surface area contributed by atoms with Crippen molar-refractivity contribution >= 4 is 23.5 Å². The molecule has 5 nitrogen and oxygen atoms in total. The number of ether oxygens (including phenoxy) is 1. The molecule has 1 aliphatic heterocycles. The van der Waals surface area contributed by atoms with Crippen LogP contribution in [0.15, 0.2) is 18.2 Å². The van der Waals surface area contributed by atoms with E-state index >= 15 is 0 Å². The molecule has 130 valence electrons. The molecular formula is C18H22ClNO4. The van der Waals surface area contributed by atoms with Crippen LogP contribution in [0, 0.1) is 11.8 Å². The van der Waals surface area contributed by atoms with E-state index in [2.05, 4.69) is 5.32 Å². The van der Waals surface area contributed by atoms with Crippen molar-refractivity contribution in [2.45, 2.75) is 44.6 Å². The van der Waals surface area contributed by atoms with Gasteiger partial charge in [-0.05, 0) is 49.9 Å². The Balaban J connectivity index is 1.72. The lowest BCUT2D eigenvalue weighted by Crippen LogP contribution is -2.57. The summed E-state index contributed by atoms with van der Waals surface area (Å²) >= 11 is 6.01. The maximum absolute atomic E-state index is 12.7. The summed E-state index contributed by atoms with van der Waals surface area (Å²) in [5.74, 6) is -1.09. The van der Waals surface area contributed by atoms with Gasteiger partial charge in [0, 0.05) is 5.02 Å². The minimum atomic E-state index is -0.838. The van der Waals surface area contributed by atoms with Crippen molar-refractivity contribution in [3.8, 4) is 5.75 Å². The number of benzene rings is 1. The molecule has 2 N–H and O–H groups in total. The maximum atomic E-state index is 12.7. The Labute approximate surface area is 146 Å². The maximum Gasteiger partial charge on any atom is 0.308 e. The van der Waals surface area contributed by atoms with Gasteiger partial charge in [0.1, 0.15) is 12.4 Å². The fourth-order valence-electron chi connectivity index (χ4n) is 3.79. The number of amides is 1. The Kier molecular flexibility index (Phi) is 4.72. The number of fused-ring (bicyclic) bond motifs is 1. The summed E-state index contributed by atoms with van der Waals surface area (Å²) in [7, 11) is 0. The molecule has 1 amide bonds. The first-order chi connectivity index (χ1) is 11.4. The fourth-order valence-corrected chi connectivity index (χ4v) is 3.99. The molecule has 1 fully saturated rings. The van der Waals surface area contributed by atoms with E-state index in [0.717, 1.165) is 24.2 Å². The van der Waals surface area contributed by atoms with Crippen LogP contribution in [-0.4, -0.2) is 29.1 Å². The molecule has 1 aliphatic carbocycles. The van der Waals surface area contributed by atoms with E-state index in [1.165, 1.54) is 0 Å². The van der Waals surface area contributed by atoms with Crippen molar-refractivity contribution in [3.63, 3.8) is 0 Å². The van der Waals surface area contributed by atoms with Gasteiger partial charge in [-0.3, -0.25) is 9.59 Å². The average Bonchev–Trinajstić information content (AvgIpc) is 2.53. The summed E-state index contributed by atoms with van der Waals surface area (Å²) in [6.07, 6.45) is 3.66. The van der Waals surface area contributed by atoms with Crippen molar-refractivity contribution < 1.29 is 19.4 Å². The first kappa shape index (κ1) is 17.1. The number of hydrogen-bond donors (Lipinski definition) is 2. The van der Waals surface area contributed by atoms with Crippen LogP contribution in [0.1, 0.15) is 38.2 Å². The number of carbonyl (C=O) groups is 2. The van der Waals surface area contributed by atoms with Gasteiger partial charge in [0.25, 0.3) is 0 Å². The summed E-state index contributed by atoms with van der Waals surface area (Å²) in [6.45, 7) is 2.14. The highest BCUT2D eigenvalue weighted by Crippen LogP contribution is 2.35. The van der Waals surface area contributed by atoms with Crippen LogP contribution in [0.3, 0.4) is 0 Å². The predicted molar refractivity (Wildman–Crippen MR) is 90.3 cm³/mol. The second-order valence-corrected chi connectivity index (χ2v) is 7.44. The molecule has 0 aromatic heterocycles. The van der Waals surface area contributed by atoms with Gasteiger partial charge in [-0.1, -0.05) is 24.4 Å². The largest absolute Gasteiger partial charge is 0.492 e. The second kappa shape index (κ2) is 6.63. The number of carboxylic acid groups (broad SMARTS) is 1. The summed E-state index contributed by atoms with van der Waals surface area (Å²) in [6, 6.07) is 5.40. The fraction of sp³-hybridized carbons (Fsp3) is 0.556. The van der Waals surface area contributed by atoms with E-state index < -0.39 is 17.4 Å². The Bertz CT molecular complexity index is 662. The molecule has 1 heterocycles. The summed E-state index contributed by atoms with van der Waals surface area (Å²) < 4.78 is 5.67. The third-order valence-electron chi connectivity index (χ3n) is 5.21. The molecule has 2 aliphatic rings. The molecule has 3 rings (SSSR count). The number of carboxylic acids is 1. The molecule has 6 heteroatoms. The van der Waals surface area contributed by atoms with Crippen LogP contribution < -0.4 is 10.1 Å². The highest BCUT2D eigenvalue weighted by atomic mass is 35.5. The van der Waals surface area contributed by atoms with Crippen molar-refractivity contribution in [2.75, 3.05) is 6.61 Å². The molecule has 24 heavy (non-hydrogen) atoms. The van der Waals surface area contributed by atoms with Gasteiger partial charge in [0.15, 0.2) is 0 Å². The average molecular weight is 352 g/mol. The van der Waals surface area contributed by atoms with Crippen LogP contribution in [0.2, 0.25) is 5.02 Å². The normalized spacial score (nSPS) is 29.2. The zero-order chi connectivity index (χ0) is 17.3. The van der Waals surface area contributed by atoms with E-state index in [-0.39, 0.29) is 11.8 Å². The topological polar surface area (TPSA) is 75.6 Å². The highest BCUT2D eigenvalue weighted by Gasteiger charge is 2.43. The third kappa shape index (κ3) is 3.36. The first-order valence-electron chi connectivity index (χ1n) is 8.35. The Morgan fingerprint density at radius 2 is 2.17 bits per heavy atom. The van der Waals surface area contributed by atoms with Crippen molar-refractivity contribution in [1.29, 1.82) is 0 Å². The molecule has 1 saturated carbocycles. The SMILES string of the molecule is CC1(NC(=O)C2COc3ccc(Cl)cc3C2)CCCCC1C(=O)O. The quantitative estimate of drug-likeness (QED) is 0.877. The van der Waals surface area contributed by atoms with Gasteiger partial charge in [0.05, 0.1) is 17.4 Å². The number of hydrogen-bond acceptors (Lipinski definition) is 3. The van der Waals surface area contributed by atoms with Gasteiger partial charge in [-0.15, -0.1) is 0 Å². The Morgan fingerprint density at radius 3 is 2.92 bits per heavy atom. The standard InChI is InChI=1S/C18H22ClNO4/c1-18(7-3-2-4-14(18)17(22)23)20-16(21)12-8-11-9-13(19)5-6-15(11)24-10-12/h5-6,9,12,14H,2-4,7-8,10H2,1H3,(H,20,21)(H,22,23). The number of rotatable bonds is 3. The number of nitrogens with one attached hydrogen (secondary N) is 1. The number of aliphatic carboxylic acids is 1. The number of carbonyl (C=O) groups excluding carboxylic acids is 1.